The highest BCUT2D eigenvalue weighted by atomic mass is 19.1. The minimum Gasteiger partial charge on any atom is -0.371 e. The van der Waals surface area contributed by atoms with E-state index in [9.17, 15) is 4.39 Å². The van der Waals surface area contributed by atoms with Crippen LogP contribution in [0, 0.1) is 5.41 Å². The first-order chi connectivity index (χ1) is 11.5. The molecule has 0 saturated carbocycles. The van der Waals surface area contributed by atoms with Crippen molar-refractivity contribution in [3.05, 3.63) is 41.5 Å². The Kier molecular flexibility index (Phi) is 5.72. The fraction of sp³-hybridized carbons (Fsp3) is 0.571. The Balaban J connectivity index is 2.39. The number of aliphatic imine (C=N–C) groups is 1. The van der Waals surface area contributed by atoms with Crippen molar-refractivity contribution in [1.82, 2.24) is 0 Å². The van der Waals surface area contributed by atoms with Gasteiger partial charge in [0.2, 0.25) is 0 Å². The number of nitrogens with two attached hydrogens (primary N) is 1. The van der Waals surface area contributed by atoms with Crippen LogP contribution >= 0.6 is 0 Å². The van der Waals surface area contributed by atoms with Crippen molar-refractivity contribution in [3.8, 4) is 0 Å². The van der Waals surface area contributed by atoms with Gasteiger partial charge in [-0.2, -0.15) is 0 Å². The summed E-state index contributed by atoms with van der Waals surface area (Å²) in [5.41, 5.74) is 10.6. The van der Waals surface area contributed by atoms with E-state index >= 15 is 0 Å². The second-order valence-electron chi connectivity index (χ2n) is 8.27. The van der Waals surface area contributed by atoms with Gasteiger partial charge in [-0.25, -0.2) is 4.39 Å². The Morgan fingerprint density at radius 2 is 2.08 bits per heavy atom. The van der Waals surface area contributed by atoms with Crippen LogP contribution in [-0.2, 0) is 5.79 Å². The maximum absolute atomic E-state index is 14.8. The molecule has 0 bridgehead atoms. The third-order valence-corrected chi connectivity index (χ3v) is 4.93. The number of halogens is 1. The molecule has 25 heavy (non-hydrogen) atoms. The summed E-state index contributed by atoms with van der Waals surface area (Å²) >= 11 is 0. The standard InChI is InChI=1S/C21H32FN3/c1-15(2)7-9-18(24-6)16-8-10-19(17(13-16)21(5,22)23)25-12-11-20(3,4)14-25/h8,10,13H,1,7,9,11-12,14,23H2,2-6H3/b24-18+. The van der Waals surface area contributed by atoms with Crippen molar-refractivity contribution < 1.29 is 4.39 Å². The number of nitrogens with zero attached hydrogens (tertiary/aromatic N) is 2. The Labute approximate surface area is 151 Å². The monoisotopic (exact) mass is 345 g/mol. The van der Waals surface area contributed by atoms with E-state index < -0.39 is 5.79 Å². The molecule has 1 fully saturated rings. The van der Waals surface area contributed by atoms with E-state index in [1.54, 1.807) is 7.05 Å². The topological polar surface area (TPSA) is 41.6 Å². The first kappa shape index (κ1) is 19.6. The summed E-state index contributed by atoms with van der Waals surface area (Å²) in [6.07, 6.45) is 2.77. The number of hydrogen-bond donors (Lipinski definition) is 1. The molecule has 0 radical (unpaired) electrons. The molecule has 1 aliphatic rings. The zero-order valence-electron chi connectivity index (χ0n) is 16.3. The molecule has 0 amide bonds. The van der Waals surface area contributed by atoms with E-state index in [1.807, 2.05) is 25.1 Å². The molecule has 2 N–H and O–H groups in total. The SMILES string of the molecule is C=C(C)CC/C(=N\C)c1ccc(N2CCC(C)(C)C2)c(C(C)(N)F)c1. The summed E-state index contributed by atoms with van der Waals surface area (Å²) in [7, 11) is 1.78. The van der Waals surface area contributed by atoms with Crippen LogP contribution in [0.2, 0.25) is 0 Å². The minimum absolute atomic E-state index is 0.245. The number of allylic oxidation sites excluding steroid dienone is 1. The van der Waals surface area contributed by atoms with Gasteiger partial charge in [0, 0.05) is 37.1 Å². The molecule has 1 heterocycles. The Morgan fingerprint density at radius 3 is 2.56 bits per heavy atom. The minimum atomic E-state index is -1.88. The predicted octanol–water partition coefficient (Wildman–Crippen LogP) is 4.80. The molecule has 2 rings (SSSR count). The molecule has 1 saturated heterocycles. The molecule has 1 aromatic rings. The molecule has 1 aromatic carbocycles. The molecular weight excluding hydrogens is 313 g/mol. The highest BCUT2D eigenvalue weighted by Gasteiger charge is 2.33. The van der Waals surface area contributed by atoms with E-state index in [4.69, 9.17) is 5.73 Å². The van der Waals surface area contributed by atoms with Gasteiger partial charge in [-0.15, -0.1) is 6.58 Å². The van der Waals surface area contributed by atoms with Crippen LogP contribution in [0.5, 0.6) is 0 Å². The Hall–Kier alpha value is -1.68. The summed E-state index contributed by atoms with van der Waals surface area (Å²) < 4.78 is 14.8. The van der Waals surface area contributed by atoms with Crippen LogP contribution in [0.15, 0.2) is 35.3 Å². The van der Waals surface area contributed by atoms with Gasteiger partial charge in [-0.05, 0) is 56.2 Å². The van der Waals surface area contributed by atoms with Crippen molar-refractivity contribution in [2.45, 2.75) is 52.8 Å². The predicted molar refractivity (Wildman–Crippen MR) is 106 cm³/mol. The molecule has 0 aromatic heterocycles. The van der Waals surface area contributed by atoms with Gasteiger partial charge in [0.15, 0.2) is 5.79 Å². The van der Waals surface area contributed by atoms with Crippen molar-refractivity contribution in [2.75, 3.05) is 25.0 Å². The Bertz CT molecular complexity index is 668. The molecule has 4 heteroatoms. The van der Waals surface area contributed by atoms with Crippen molar-refractivity contribution >= 4 is 11.4 Å². The van der Waals surface area contributed by atoms with E-state index in [0.29, 0.717) is 5.56 Å². The number of anilines is 1. The van der Waals surface area contributed by atoms with E-state index in [1.165, 1.54) is 6.92 Å². The Morgan fingerprint density at radius 1 is 1.40 bits per heavy atom. The third kappa shape index (κ3) is 4.91. The maximum atomic E-state index is 14.8. The lowest BCUT2D eigenvalue weighted by molar-refractivity contribution is 0.203. The lowest BCUT2D eigenvalue weighted by Gasteiger charge is -2.28. The summed E-state index contributed by atoms with van der Waals surface area (Å²) in [6.45, 7) is 13.7. The van der Waals surface area contributed by atoms with Gasteiger partial charge in [0.25, 0.3) is 0 Å². The number of alkyl halides is 1. The average Bonchev–Trinajstić information content (AvgIpc) is 2.86. The van der Waals surface area contributed by atoms with E-state index in [0.717, 1.165) is 54.9 Å². The second kappa shape index (κ2) is 7.28. The summed E-state index contributed by atoms with van der Waals surface area (Å²) in [5, 5.41) is 0. The summed E-state index contributed by atoms with van der Waals surface area (Å²) in [4.78, 5) is 6.65. The molecule has 3 nitrogen and oxygen atoms in total. The molecule has 1 atom stereocenters. The number of rotatable bonds is 6. The van der Waals surface area contributed by atoms with Gasteiger partial charge >= 0.3 is 0 Å². The lowest BCUT2D eigenvalue weighted by Crippen LogP contribution is -2.32. The third-order valence-electron chi connectivity index (χ3n) is 4.93. The van der Waals surface area contributed by atoms with E-state index in [-0.39, 0.29) is 5.41 Å². The van der Waals surface area contributed by atoms with Crippen LogP contribution in [0.3, 0.4) is 0 Å². The zero-order chi connectivity index (χ0) is 18.8. The first-order valence-electron chi connectivity index (χ1n) is 9.01. The van der Waals surface area contributed by atoms with Gasteiger partial charge < -0.3 is 4.90 Å². The molecule has 0 aliphatic carbocycles. The van der Waals surface area contributed by atoms with Gasteiger partial charge in [-0.1, -0.05) is 25.5 Å². The smallest absolute Gasteiger partial charge is 0.184 e. The fourth-order valence-electron chi connectivity index (χ4n) is 3.42. The van der Waals surface area contributed by atoms with Crippen LogP contribution in [0.1, 0.15) is 58.1 Å². The van der Waals surface area contributed by atoms with E-state index in [2.05, 4.69) is 30.3 Å². The normalized spacial score (nSPS) is 19.8. The lowest BCUT2D eigenvalue weighted by atomic mass is 9.93. The molecule has 1 unspecified atom stereocenters. The van der Waals surface area contributed by atoms with Crippen LogP contribution in [0.4, 0.5) is 10.1 Å². The quantitative estimate of drug-likeness (QED) is 0.457. The van der Waals surface area contributed by atoms with Gasteiger partial charge in [0.1, 0.15) is 0 Å². The van der Waals surface area contributed by atoms with Crippen LogP contribution in [0.25, 0.3) is 0 Å². The van der Waals surface area contributed by atoms with Crippen molar-refractivity contribution in [2.24, 2.45) is 16.1 Å². The maximum Gasteiger partial charge on any atom is 0.184 e. The van der Waals surface area contributed by atoms with Crippen molar-refractivity contribution in [3.63, 3.8) is 0 Å². The highest BCUT2D eigenvalue weighted by Crippen LogP contribution is 2.38. The summed E-state index contributed by atoms with van der Waals surface area (Å²) in [6, 6.07) is 5.92. The van der Waals surface area contributed by atoms with Crippen molar-refractivity contribution in [1.29, 1.82) is 0 Å². The number of benzene rings is 1. The fourth-order valence-corrected chi connectivity index (χ4v) is 3.42. The zero-order valence-corrected chi connectivity index (χ0v) is 16.3. The molecule has 1 aliphatic heterocycles. The largest absolute Gasteiger partial charge is 0.371 e. The van der Waals surface area contributed by atoms with Crippen LogP contribution < -0.4 is 10.6 Å². The second-order valence-corrected chi connectivity index (χ2v) is 8.27. The van der Waals surface area contributed by atoms with Crippen LogP contribution in [-0.4, -0.2) is 25.8 Å². The molecular formula is C21H32FN3. The first-order valence-corrected chi connectivity index (χ1v) is 9.01. The van der Waals surface area contributed by atoms with Gasteiger partial charge in [0.05, 0.1) is 0 Å². The molecule has 0 spiro atoms. The number of hydrogen-bond acceptors (Lipinski definition) is 3. The molecule has 138 valence electrons. The summed E-state index contributed by atoms with van der Waals surface area (Å²) in [5.74, 6) is -1.88. The van der Waals surface area contributed by atoms with Gasteiger partial charge in [-0.3, -0.25) is 10.7 Å². The highest BCUT2D eigenvalue weighted by molar-refractivity contribution is 6.01. The average molecular weight is 346 g/mol.